The van der Waals surface area contributed by atoms with Crippen LogP contribution in [0.2, 0.25) is 5.02 Å². The monoisotopic (exact) mass is 383 g/mol. The number of hydrogen-bond acceptors (Lipinski definition) is 4. The molecule has 0 aromatic heterocycles. The summed E-state index contributed by atoms with van der Waals surface area (Å²) in [5.74, 6) is -0.392. The van der Waals surface area contributed by atoms with E-state index in [1.165, 1.54) is 6.07 Å². The van der Waals surface area contributed by atoms with E-state index in [-0.39, 0.29) is 41.6 Å². The largest absolute Gasteiger partial charge is 0.489 e. The average molecular weight is 385 g/mol. The van der Waals surface area contributed by atoms with E-state index < -0.39 is 5.82 Å². The van der Waals surface area contributed by atoms with Crippen LogP contribution in [-0.2, 0) is 0 Å². The standard InChI is InChI=1S/C15H19ClFN3O.2ClH/c1-2-21-15-12(16)9-11(10-13(15)17)14(3-4-18)20-7-5-19-6-8-20;;/h9-10,14,19H,2-3,5-8H2,1H3;2*1H/t14-;;/m1../s1. The third-order valence-corrected chi connectivity index (χ3v) is 3.85. The van der Waals surface area contributed by atoms with Gasteiger partial charge in [0, 0.05) is 32.2 Å². The van der Waals surface area contributed by atoms with Gasteiger partial charge < -0.3 is 10.1 Å². The Bertz CT molecular complexity index is 510. The minimum atomic E-state index is -0.475. The topological polar surface area (TPSA) is 48.3 Å². The van der Waals surface area contributed by atoms with Crippen LogP contribution in [-0.4, -0.2) is 37.7 Å². The molecule has 0 unspecified atom stereocenters. The van der Waals surface area contributed by atoms with E-state index in [9.17, 15) is 4.39 Å². The highest BCUT2D eigenvalue weighted by Gasteiger charge is 2.24. The highest BCUT2D eigenvalue weighted by molar-refractivity contribution is 6.32. The zero-order valence-electron chi connectivity index (χ0n) is 12.8. The van der Waals surface area contributed by atoms with E-state index in [4.69, 9.17) is 21.6 Å². The zero-order chi connectivity index (χ0) is 15.2. The van der Waals surface area contributed by atoms with Crippen molar-refractivity contribution in [3.63, 3.8) is 0 Å². The smallest absolute Gasteiger partial charge is 0.173 e. The highest BCUT2D eigenvalue weighted by Crippen LogP contribution is 2.34. The molecular weight excluding hydrogens is 364 g/mol. The van der Waals surface area contributed by atoms with Gasteiger partial charge in [0.05, 0.1) is 24.1 Å². The summed E-state index contributed by atoms with van der Waals surface area (Å²) in [5.41, 5.74) is 0.726. The first-order chi connectivity index (χ1) is 10.2. The number of ether oxygens (including phenoxy) is 1. The van der Waals surface area contributed by atoms with Gasteiger partial charge in [0.25, 0.3) is 0 Å². The molecule has 1 heterocycles. The lowest BCUT2D eigenvalue weighted by atomic mass is 10.0. The second kappa shape index (κ2) is 10.9. The first-order valence-corrected chi connectivity index (χ1v) is 7.48. The van der Waals surface area contributed by atoms with Crippen molar-refractivity contribution in [3.8, 4) is 11.8 Å². The van der Waals surface area contributed by atoms with Gasteiger partial charge >= 0.3 is 0 Å². The third kappa shape index (κ3) is 5.66. The van der Waals surface area contributed by atoms with Gasteiger partial charge in [0.15, 0.2) is 11.6 Å². The molecular formula is C15H21Cl3FN3O. The predicted octanol–water partition coefficient (Wildman–Crippen LogP) is 3.58. The first kappa shape index (κ1) is 22.2. The number of hydrogen-bond donors (Lipinski definition) is 1. The van der Waals surface area contributed by atoms with Crippen molar-refractivity contribution in [3.05, 3.63) is 28.5 Å². The summed E-state index contributed by atoms with van der Waals surface area (Å²) < 4.78 is 19.4. The Kier molecular flexibility index (Phi) is 10.5. The van der Waals surface area contributed by atoms with Crippen LogP contribution in [0.25, 0.3) is 0 Å². The van der Waals surface area contributed by atoms with E-state index in [0.29, 0.717) is 13.0 Å². The number of benzene rings is 1. The summed E-state index contributed by atoms with van der Waals surface area (Å²) in [6.07, 6.45) is 0.309. The molecule has 1 aliphatic heterocycles. The first-order valence-electron chi connectivity index (χ1n) is 7.10. The van der Waals surface area contributed by atoms with Crippen molar-refractivity contribution < 1.29 is 9.13 Å². The molecule has 1 aromatic carbocycles. The molecule has 0 amide bonds. The lowest BCUT2D eigenvalue weighted by molar-refractivity contribution is 0.175. The van der Waals surface area contributed by atoms with Crippen LogP contribution in [0.1, 0.15) is 24.9 Å². The van der Waals surface area contributed by atoms with E-state index in [1.54, 1.807) is 13.0 Å². The summed E-state index contributed by atoms with van der Waals surface area (Å²) in [6.45, 7) is 5.54. The number of nitrogens with zero attached hydrogens (tertiary/aromatic N) is 2. The van der Waals surface area contributed by atoms with Crippen LogP contribution in [0.4, 0.5) is 4.39 Å². The maximum atomic E-state index is 14.1. The quantitative estimate of drug-likeness (QED) is 0.843. The van der Waals surface area contributed by atoms with Crippen molar-refractivity contribution in [2.45, 2.75) is 19.4 Å². The Labute approximate surface area is 153 Å². The van der Waals surface area contributed by atoms with Gasteiger partial charge in [-0.1, -0.05) is 11.6 Å². The second-order valence-corrected chi connectivity index (χ2v) is 5.32. The SMILES string of the molecule is CCOc1c(F)cc([C@@H](CC#N)N2CCNCC2)cc1Cl.Cl.Cl. The highest BCUT2D eigenvalue weighted by atomic mass is 35.5. The van der Waals surface area contributed by atoms with E-state index in [0.717, 1.165) is 31.7 Å². The van der Waals surface area contributed by atoms with Crippen LogP contribution in [0.15, 0.2) is 12.1 Å². The van der Waals surface area contributed by atoms with Gasteiger partial charge in [-0.2, -0.15) is 5.26 Å². The van der Waals surface area contributed by atoms with Crippen LogP contribution in [0.3, 0.4) is 0 Å². The molecule has 1 fully saturated rings. The molecule has 0 aliphatic carbocycles. The number of piperazine rings is 1. The van der Waals surface area contributed by atoms with E-state index >= 15 is 0 Å². The van der Waals surface area contributed by atoms with Crippen molar-refractivity contribution in [1.82, 2.24) is 10.2 Å². The molecule has 1 aliphatic rings. The van der Waals surface area contributed by atoms with Crippen LogP contribution in [0, 0.1) is 17.1 Å². The zero-order valence-corrected chi connectivity index (χ0v) is 15.2. The van der Waals surface area contributed by atoms with Crippen molar-refractivity contribution >= 4 is 36.4 Å². The third-order valence-electron chi connectivity index (χ3n) is 3.57. The predicted molar refractivity (Wildman–Crippen MR) is 94.5 cm³/mol. The summed E-state index contributed by atoms with van der Waals surface area (Å²) in [5, 5.41) is 12.6. The summed E-state index contributed by atoms with van der Waals surface area (Å²) in [7, 11) is 0. The van der Waals surface area contributed by atoms with Gasteiger partial charge in [0.2, 0.25) is 0 Å². The van der Waals surface area contributed by atoms with Crippen LogP contribution < -0.4 is 10.1 Å². The number of halogens is 4. The van der Waals surface area contributed by atoms with Crippen LogP contribution in [0.5, 0.6) is 5.75 Å². The Morgan fingerprint density at radius 1 is 1.39 bits per heavy atom. The van der Waals surface area contributed by atoms with Gasteiger partial charge in [-0.25, -0.2) is 4.39 Å². The number of nitriles is 1. The number of nitrogens with one attached hydrogen (secondary N) is 1. The maximum Gasteiger partial charge on any atom is 0.173 e. The van der Waals surface area contributed by atoms with E-state index in [2.05, 4.69) is 16.3 Å². The molecule has 1 aromatic rings. The minimum absolute atomic E-state index is 0. The van der Waals surface area contributed by atoms with Gasteiger partial charge in [0.1, 0.15) is 0 Å². The normalized spacial score (nSPS) is 15.7. The van der Waals surface area contributed by atoms with Gasteiger partial charge in [-0.15, -0.1) is 24.8 Å². The fourth-order valence-corrected chi connectivity index (χ4v) is 2.86. The fraction of sp³-hybridized carbons (Fsp3) is 0.533. The molecule has 4 nitrogen and oxygen atoms in total. The minimum Gasteiger partial charge on any atom is -0.489 e. The van der Waals surface area contributed by atoms with Crippen LogP contribution >= 0.6 is 36.4 Å². The molecule has 8 heteroatoms. The second-order valence-electron chi connectivity index (χ2n) is 4.91. The molecule has 130 valence electrons. The Hall–Kier alpha value is -0.770. The van der Waals surface area contributed by atoms with E-state index in [1.807, 2.05) is 0 Å². The molecule has 0 bridgehead atoms. The van der Waals surface area contributed by atoms with Crippen molar-refractivity contribution in [1.29, 1.82) is 5.26 Å². The number of rotatable bonds is 5. The molecule has 1 atom stereocenters. The maximum absolute atomic E-state index is 14.1. The molecule has 1 N–H and O–H groups in total. The summed E-state index contributed by atoms with van der Waals surface area (Å²) in [6, 6.07) is 5.18. The molecule has 0 saturated carbocycles. The lowest BCUT2D eigenvalue weighted by Crippen LogP contribution is -2.45. The molecule has 0 spiro atoms. The lowest BCUT2D eigenvalue weighted by Gasteiger charge is -2.34. The molecule has 1 saturated heterocycles. The molecule has 23 heavy (non-hydrogen) atoms. The Morgan fingerprint density at radius 3 is 2.57 bits per heavy atom. The summed E-state index contributed by atoms with van der Waals surface area (Å²) in [4.78, 5) is 2.19. The van der Waals surface area contributed by atoms with Gasteiger partial charge in [-0.05, 0) is 24.6 Å². The average Bonchev–Trinajstić information content (AvgIpc) is 2.49. The fourth-order valence-electron chi connectivity index (χ4n) is 2.59. The van der Waals surface area contributed by atoms with Crippen molar-refractivity contribution in [2.24, 2.45) is 0 Å². The van der Waals surface area contributed by atoms with Crippen molar-refractivity contribution in [2.75, 3.05) is 32.8 Å². The summed E-state index contributed by atoms with van der Waals surface area (Å²) >= 11 is 6.12. The molecule has 2 rings (SSSR count). The Balaban J connectivity index is 0.00000242. The van der Waals surface area contributed by atoms with Gasteiger partial charge in [-0.3, -0.25) is 4.90 Å². The molecule has 0 radical (unpaired) electrons. The Morgan fingerprint density at radius 2 is 2.04 bits per heavy atom.